The van der Waals surface area contributed by atoms with Crippen LogP contribution in [0.1, 0.15) is 46.5 Å². The molecule has 1 aliphatic carbocycles. The van der Waals surface area contributed by atoms with Crippen molar-refractivity contribution < 1.29 is 33.4 Å². The van der Waals surface area contributed by atoms with E-state index in [-0.39, 0.29) is 31.5 Å². The van der Waals surface area contributed by atoms with Crippen molar-refractivity contribution in [2.75, 3.05) is 0 Å². The summed E-state index contributed by atoms with van der Waals surface area (Å²) in [5, 5.41) is 0. The maximum atomic E-state index is 11.6. The Hall–Kier alpha value is -1.92. The largest absolute Gasteiger partial charge is 0.462 e. The van der Waals surface area contributed by atoms with Crippen molar-refractivity contribution in [3.63, 3.8) is 0 Å². The molecule has 0 aromatic carbocycles. The van der Waals surface area contributed by atoms with Crippen LogP contribution in [0.25, 0.3) is 0 Å². The van der Waals surface area contributed by atoms with Crippen molar-refractivity contribution in [1.29, 1.82) is 0 Å². The molecular formula is C14H20O7. The summed E-state index contributed by atoms with van der Waals surface area (Å²) >= 11 is 0. The molecule has 0 spiro atoms. The molecule has 1 aliphatic rings. The lowest BCUT2D eigenvalue weighted by Gasteiger charge is -2.18. The van der Waals surface area contributed by atoms with Gasteiger partial charge in [-0.05, 0) is 6.92 Å². The van der Waals surface area contributed by atoms with Gasteiger partial charge in [-0.3, -0.25) is 14.4 Å². The van der Waals surface area contributed by atoms with Gasteiger partial charge in [-0.2, -0.15) is 0 Å². The van der Waals surface area contributed by atoms with E-state index in [1.165, 1.54) is 20.8 Å². The number of ether oxygens (including phenoxy) is 3. The van der Waals surface area contributed by atoms with Crippen LogP contribution >= 0.6 is 0 Å². The lowest BCUT2D eigenvalue weighted by Crippen LogP contribution is -2.29. The van der Waals surface area contributed by atoms with Crippen LogP contribution in [0.3, 0.4) is 0 Å². The van der Waals surface area contributed by atoms with Gasteiger partial charge in [0.25, 0.3) is 0 Å². The number of carbonyl (C=O) groups excluding carboxylic acids is 4. The van der Waals surface area contributed by atoms with Gasteiger partial charge in [0.1, 0.15) is 24.1 Å². The molecule has 7 nitrogen and oxygen atoms in total. The first-order valence-corrected chi connectivity index (χ1v) is 6.81. The van der Waals surface area contributed by atoms with Gasteiger partial charge in [-0.1, -0.05) is 0 Å². The summed E-state index contributed by atoms with van der Waals surface area (Å²) in [5.74, 6) is -1.55. The average molecular weight is 300 g/mol. The highest BCUT2D eigenvalue weighted by molar-refractivity contribution is 5.81. The topological polar surface area (TPSA) is 96.0 Å². The summed E-state index contributed by atoms with van der Waals surface area (Å²) < 4.78 is 15.4. The third-order valence-electron chi connectivity index (χ3n) is 3.02. The highest BCUT2D eigenvalue weighted by Crippen LogP contribution is 2.28. The van der Waals surface area contributed by atoms with E-state index in [0.29, 0.717) is 0 Å². The Balaban J connectivity index is 2.53. The Bertz CT molecular complexity index is 405. The first kappa shape index (κ1) is 17.1. The third kappa shape index (κ3) is 6.37. The minimum absolute atomic E-state index is 0.0162. The monoisotopic (exact) mass is 300 g/mol. The molecule has 0 radical (unpaired) electrons. The number of rotatable bonds is 6. The fraction of sp³-hybridized carbons (Fsp3) is 0.714. The Morgan fingerprint density at radius 3 is 1.67 bits per heavy atom. The molecule has 3 atom stereocenters. The maximum Gasteiger partial charge on any atom is 0.306 e. The first-order chi connectivity index (χ1) is 9.77. The fourth-order valence-corrected chi connectivity index (χ4v) is 2.21. The molecule has 1 fully saturated rings. The van der Waals surface area contributed by atoms with E-state index in [1.807, 2.05) is 0 Å². The molecule has 21 heavy (non-hydrogen) atoms. The predicted octanol–water partition coefficient (Wildman–Crippen LogP) is 0.925. The van der Waals surface area contributed by atoms with Gasteiger partial charge in [-0.15, -0.1) is 0 Å². The molecule has 1 rings (SSSR count). The molecule has 1 saturated carbocycles. The second kappa shape index (κ2) is 7.75. The zero-order chi connectivity index (χ0) is 16.0. The number of hydrogen-bond donors (Lipinski definition) is 0. The van der Waals surface area contributed by atoms with Crippen molar-refractivity contribution in [2.45, 2.75) is 64.8 Å². The Labute approximate surface area is 122 Å². The zero-order valence-corrected chi connectivity index (χ0v) is 12.4. The highest BCUT2D eigenvalue weighted by Gasteiger charge is 2.40. The van der Waals surface area contributed by atoms with Gasteiger partial charge < -0.3 is 19.0 Å². The Morgan fingerprint density at radius 1 is 0.810 bits per heavy atom. The molecule has 0 aromatic rings. The molecule has 118 valence electrons. The van der Waals surface area contributed by atoms with Crippen molar-refractivity contribution in [3.8, 4) is 0 Å². The van der Waals surface area contributed by atoms with E-state index in [1.54, 1.807) is 0 Å². The highest BCUT2D eigenvalue weighted by atomic mass is 16.6. The van der Waals surface area contributed by atoms with Crippen molar-refractivity contribution in [3.05, 3.63) is 0 Å². The molecule has 0 heterocycles. The smallest absolute Gasteiger partial charge is 0.306 e. The number of hydrogen-bond acceptors (Lipinski definition) is 7. The number of esters is 3. The predicted molar refractivity (Wildman–Crippen MR) is 70.1 cm³/mol. The van der Waals surface area contributed by atoms with Crippen LogP contribution in [-0.2, 0) is 33.4 Å². The molecule has 0 saturated heterocycles. The molecular weight excluding hydrogens is 280 g/mol. The van der Waals surface area contributed by atoms with E-state index in [4.69, 9.17) is 14.2 Å². The minimum atomic E-state index is -0.614. The van der Waals surface area contributed by atoms with Gasteiger partial charge in [0.15, 0.2) is 0 Å². The third-order valence-corrected chi connectivity index (χ3v) is 3.02. The van der Waals surface area contributed by atoms with Gasteiger partial charge in [0.2, 0.25) is 0 Å². The van der Waals surface area contributed by atoms with Gasteiger partial charge in [0, 0.05) is 33.1 Å². The molecule has 0 aromatic heterocycles. The second-order valence-electron chi connectivity index (χ2n) is 5.08. The summed E-state index contributed by atoms with van der Waals surface area (Å²) in [5.41, 5.74) is 0. The van der Waals surface area contributed by atoms with Crippen LogP contribution in [0.5, 0.6) is 0 Å². The van der Waals surface area contributed by atoms with Crippen molar-refractivity contribution >= 4 is 23.7 Å². The van der Waals surface area contributed by atoms with E-state index < -0.39 is 36.2 Å². The lowest BCUT2D eigenvalue weighted by molar-refractivity contribution is -0.162. The molecule has 0 amide bonds. The van der Waals surface area contributed by atoms with Crippen LogP contribution in [0.2, 0.25) is 0 Å². The average Bonchev–Trinajstić information content (AvgIpc) is 2.66. The molecule has 0 bridgehead atoms. The quantitative estimate of drug-likeness (QED) is 0.531. The van der Waals surface area contributed by atoms with Gasteiger partial charge in [-0.25, -0.2) is 0 Å². The number of carbonyl (C=O) groups is 4. The van der Waals surface area contributed by atoms with Crippen LogP contribution < -0.4 is 0 Å². The number of Topliss-reactive ketones (excluding diaryl/α,β-unsaturated/α-hetero) is 1. The van der Waals surface area contributed by atoms with Crippen LogP contribution in [0.4, 0.5) is 0 Å². The van der Waals surface area contributed by atoms with E-state index >= 15 is 0 Å². The van der Waals surface area contributed by atoms with E-state index in [0.717, 1.165) is 0 Å². The molecule has 7 heteroatoms. The van der Waals surface area contributed by atoms with Gasteiger partial charge in [0.05, 0.1) is 6.42 Å². The molecule has 0 aliphatic heterocycles. The van der Waals surface area contributed by atoms with Crippen LogP contribution in [0, 0.1) is 0 Å². The SMILES string of the molecule is CC(=O)CCC(=O)O[C@H]1C[C@H](OC(C)=O)[C@H](OC(C)=O)C1. The lowest BCUT2D eigenvalue weighted by atomic mass is 10.2. The molecule has 0 unspecified atom stereocenters. The van der Waals surface area contributed by atoms with Crippen molar-refractivity contribution in [1.82, 2.24) is 0 Å². The summed E-state index contributed by atoms with van der Waals surface area (Å²) in [4.78, 5) is 44.4. The summed E-state index contributed by atoms with van der Waals surface area (Å²) in [6.07, 6.45) is -1.01. The Kier molecular flexibility index (Phi) is 6.33. The van der Waals surface area contributed by atoms with Crippen LogP contribution in [0.15, 0.2) is 0 Å². The fourth-order valence-electron chi connectivity index (χ4n) is 2.21. The van der Waals surface area contributed by atoms with Gasteiger partial charge >= 0.3 is 17.9 Å². The maximum absolute atomic E-state index is 11.6. The molecule has 0 N–H and O–H groups in total. The zero-order valence-electron chi connectivity index (χ0n) is 12.4. The summed E-state index contributed by atoms with van der Waals surface area (Å²) in [6.45, 7) is 3.92. The Morgan fingerprint density at radius 2 is 1.29 bits per heavy atom. The van der Waals surface area contributed by atoms with E-state index in [9.17, 15) is 19.2 Å². The number of ketones is 1. The van der Waals surface area contributed by atoms with Crippen LogP contribution in [-0.4, -0.2) is 42.0 Å². The second-order valence-corrected chi connectivity index (χ2v) is 5.08. The standard InChI is InChI=1S/C14H20O7/c1-8(15)4-5-14(18)21-11-6-12(19-9(2)16)13(7-11)20-10(3)17/h11-13H,4-7H2,1-3H3/t11-,12-,13+. The van der Waals surface area contributed by atoms with Crippen molar-refractivity contribution in [2.24, 2.45) is 0 Å². The van der Waals surface area contributed by atoms with E-state index in [2.05, 4.69) is 0 Å². The first-order valence-electron chi connectivity index (χ1n) is 6.81. The normalized spacial score (nSPS) is 24.2. The summed E-state index contributed by atoms with van der Waals surface area (Å²) in [7, 11) is 0. The summed E-state index contributed by atoms with van der Waals surface area (Å²) in [6, 6.07) is 0. The minimum Gasteiger partial charge on any atom is -0.462 e.